The number of rotatable bonds is 3. The predicted molar refractivity (Wildman–Crippen MR) is 188 cm³/mol. The molecule has 0 aliphatic carbocycles. The summed E-state index contributed by atoms with van der Waals surface area (Å²) >= 11 is 0. The van der Waals surface area contributed by atoms with E-state index in [4.69, 9.17) is 4.42 Å². The summed E-state index contributed by atoms with van der Waals surface area (Å²) in [5.41, 5.74) is 11.1. The van der Waals surface area contributed by atoms with E-state index in [0.29, 0.717) is 0 Å². The van der Waals surface area contributed by atoms with Crippen molar-refractivity contribution in [3.05, 3.63) is 158 Å². The normalized spacial score (nSPS) is 12.0. The van der Waals surface area contributed by atoms with Crippen molar-refractivity contribution in [3.63, 3.8) is 0 Å². The molecule has 45 heavy (non-hydrogen) atoms. The Bertz CT molecular complexity index is 2710. The van der Waals surface area contributed by atoms with Crippen molar-refractivity contribution in [2.45, 2.75) is 0 Å². The van der Waals surface area contributed by atoms with Crippen LogP contribution in [-0.2, 0) is 0 Å². The third-order valence-electron chi connectivity index (χ3n) is 9.32. The molecule has 0 saturated heterocycles. The van der Waals surface area contributed by atoms with Gasteiger partial charge in [0.1, 0.15) is 5.58 Å². The number of furan rings is 1. The molecular weight excluding hydrogens is 548 g/mol. The van der Waals surface area contributed by atoms with Crippen LogP contribution in [-0.4, -0.2) is 9.13 Å². The highest BCUT2D eigenvalue weighted by Crippen LogP contribution is 2.42. The average molecular weight is 575 g/mol. The van der Waals surface area contributed by atoms with Crippen LogP contribution >= 0.6 is 0 Å². The highest BCUT2D eigenvalue weighted by atomic mass is 16.3. The molecule has 0 aliphatic heterocycles. The van der Waals surface area contributed by atoms with Gasteiger partial charge in [-0.2, -0.15) is 0 Å². The molecule has 10 rings (SSSR count). The summed E-state index contributed by atoms with van der Waals surface area (Å²) in [6, 6.07) is 56.4. The molecule has 3 nitrogen and oxygen atoms in total. The minimum atomic E-state index is 0.891. The van der Waals surface area contributed by atoms with Gasteiger partial charge in [-0.3, -0.25) is 0 Å². The van der Waals surface area contributed by atoms with E-state index in [0.717, 1.165) is 33.3 Å². The highest BCUT2D eigenvalue weighted by molar-refractivity contribution is 6.17. The fourth-order valence-electron chi connectivity index (χ4n) is 7.43. The molecule has 7 aromatic carbocycles. The summed E-state index contributed by atoms with van der Waals surface area (Å²) < 4.78 is 11.5. The average Bonchev–Trinajstić information content (AvgIpc) is 3.76. The van der Waals surface area contributed by atoms with Crippen LogP contribution in [0.4, 0.5) is 0 Å². The molecule has 0 amide bonds. The lowest BCUT2D eigenvalue weighted by Gasteiger charge is -2.09. The van der Waals surface area contributed by atoms with E-state index in [1.807, 2.05) is 0 Å². The van der Waals surface area contributed by atoms with Gasteiger partial charge in [0, 0.05) is 38.0 Å². The number of aromatic nitrogens is 2. The van der Waals surface area contributed by atoms with Crippen LogP contribution in [0.25, 0.3) is 88.1 Å². The fourth-order valence-corrected chi connectivity index (χ4v) is 7.43. The van der Waals surface area contributed by atoms with Crippen molar-refractivity contribution in [2.24, 2.45) is 0 Å². The van der Waals surface area contributed by atoms with Crippen molar-refractivity contribution < 1.29 is 4.42 Å². The van der Waals surface area contributed by atoms with E-state index in [2.05, 4.69) is 167 Å². The summed E-state index contributed by atoms with van der Waals surface area (Å²) in [6.45, 7) is 0. The van der Waals surface area contributed by atoms with Crippen LogP contribution in [0.15, 0.2) is 162 Å². The molecule has 210 valence electrons. The zero-order chi connectivity index (χ0) is 29.5. The molecule has 0 atom stereocenters. The Morgan fingerprint density at radius 2 is 0.978 bits per heavy atom. The molecule has 0 spiro atoms. The minimum absolute atomic E-state index is 0.891. The predicted octanol–water partition coefficient (Wildman–Crippen LogP) is 11.4. The zero-order valence-electron chi connectivity index (χ0n) is 24.3. The lowest BCUT2D eigenvalue weighted by molar-refractivity contribution is 0.666. The molecule has 0 unspecified atom stereocenters. The molecule has 0 saturated carbocycles. The van der Waals surface area contributed by atoms with Crippen molar-refractivity contribution in [1.82, 2.24) is 9.13 Å². The second kappa shape index (κ2) is 9.22. The Balaban J connectivity index is 1.24. The summed E-state index contributed by atoms with van der Waals surface area (Å²) in [5, 5.41) is 7.22. The first-order valence-corrected chi connectivity index (χ1v) is 15.4. The topological polar surface area (TPSA) is 23.0 Å². The van der Waals surface area contributed by atoms with Gasteiger partial charge in [-0.15, -0.1) is 0 Å². The number of hydrogen-bond donors (Lipinski definition) is 0. The zero-order valence-corrected chi connectivity index (χ0v) is 24.3. The Morgan fingerprint density at radius 1 is 0.400 bits per heavy atom. The monoisotopic (exact) mass is 574 g/mol. The number of hydrogen-bond acceptors (Lipinski definition) is 1. The Hall–Kier alpha value is -6.06. The van der Waals surface area contributed by atoms with E-state index in [9.17, 15) is 0 Å². The first-order chi connectivity index (χ1) is 22.3. The fraction of sp³-hybridized carbons (Fsp3) is 0. The number of benzene rings is 7. The third kappa shape index (κ3) is 3.41. The van der Waals surface area contributed by atoms with E-state index in [1.54, 1.807) is 0 Å². The summed E-state index contributed by atoms with van der Waals surface area (Å²) in [7, 11) is 0. The summed E-state index contributed by atoms with van der Waals surface area (Å²) in [4.78, 5) is 0. The van der Waals surface area contributed by atoms with Gasteiger partial charge in [-0.25, -0.2) is 0 Å². The maximum Gasteiger partial charge on any atom is 0.159 e. The molecule has 0 aliphatic rings. The lowest BCUT2D eigenvalue weighted by atomic mass is 9.97. The SMILES string of the molecule is c1ccc(-n2c3ccccc3c3cc(-c4cccc5oc6c(-n7c8ccccc8c8ccccc87)cccc6c45)ccc32)cc1. The second-order valence-electron chi connectivity index (χ2n) is 11.7. The molecule has 3 aromatic heterocycles. The number of fused-ring (bicyclic) bond motifs is 9. The Labute approximate surface area is 258 Å². The molecule has 0 N–H and O–H groups in total. The van der Waals surface area contributed by atoms with Crippen LogP contribution in [0, 0.1) is 0 Å². The number of nitrogens with zero attached hydrogens (tertiary/aromatic N) is 2. The summed E-state index contributed by atoms with van der Waals surface area (Å²) in [6.07, 6.45) is 0. The smallest absolute Gasteiger partial charge is 0.159 e. The van der Waals surface area contributed by atoms with Gasteiger partial charge >= 0.3 is 0 Å². The second-order valence-corrected chi connectivity index (χ2v) is 11.7. The molecule has 3 heteroatoms. The Kier molecular flexibility index (Phi) is 5.00. The van der Waals surface area contributed by atoms with Gasteiger partial charge in [0.15, 0.2) is 5.58 Å². The summed E-state index contributed by atoms with van der Waals surface area (Å²) in [5.74, 6) is 0. The van der Waals surface area contributed by atoms with Crippen molar-refractivity contribution >= 4 is 65.6 Å². The first kappa shape index (κ1) is 24.4. The largest absolute Gasteiger partial charge is 0.454 e. The highest BCUT2D eigenvalue weighted by Gasteiger charge is 2.20. The van der Waals surface area contributed by atoms with Gasteiger partial charge in [-0.1, -0.05) is 103 Å². The number of para-hydroxylation sites is 5. The van der Waals surface area contributed by atoms with Crippen LogP contribution < -0.4 is 0 Å². The van der Waals surface area contributed by atoms with Crippen LogP contribution in [0.5, 0.6) is 0 Å². The molecule has 0 radical (unpaired) electrons. The maximum absolute atomic E-state index is 6.76. The van der Waals surface area contributed by atoms with Gasteiger partial charge < -0.3 is 13.6 Å². The van der Waals surface area contributed by atoms with Gasteiger partial charge in [-0.05, 0) is 65.7 Å². The Morgan fingerprint density at radius 3 is 1.71 bits per heavy atom. The molecule has 0 bridgehead atoms. The van der Waals surface area contributed by atoms with Gasteiger partial charge in [0.25, 0.3) is 0 Å². The van der Waals surface area contributed by atoms with Gasteiger partial charge in [0.05, 0.1) is 27.8 Å². The van der Waals surface area contributed by atoms with E-state index in [-0.39, 0.29) is 0 Å². The van der Waals surface area contributed by atoms with Crippen LogP contribution in [0.3, 0.4) is 0 Å². The maximum atomic E-state index is 6.76. The van der Waals surface area contributed by atoms with Gasteiger partial charge in [0.2, 0.25) is 0 Å². The van der Waals surface area contributed by atoms with E-state index in [1.165, 1.54) is 54.7 Å². The quantitative estimate of drug-likeness (QED) is 0.206. The molecule has 3 heterocycles. The molecular formula is C42H26N2O. The first-order valence-electron chi connectivity index (χ1n) is 15.4. The van der Waals surface area contributed by atoms with Crippen LogP contribution in [0.2, 0.25) is 0 Å². The van der Waals surface area contributed by atoms with Crippen molar-refractivity contribution in [2.75, 3.05) is 0 Å². The van der Waals surface area contributed by atoms with Crippen LogP contribution in [0.1, 0.15) is 0 Å². The molecule has 0 fully saturated rings. The van der Waals surface area contributed by atoms with Crippen molar-refractivity contribution in [1.29, 1.82) is 0 Å². The molecule has 10 aromatic rings. The van der Waals surface area contributed by atoms with Crippen molar-refractivity contribution in [3.8, 4) is 22.5 Å². The lowest BCUT2D eigenvalue weighted by Crippen LogP contribution is -1.94. The van der Waals surface area contributed by atoms with E-state index < -0.39 is 0 Å². The third-order valence-corrected chi connectivity index (χ3v) is 9.32. The minimum Gasteiger partial charge on any atom is -0.454 e. The van der Waals surface area contributed by atoms with E-state index >= 15 is 0 Å². The standard InChI is InChI=1S/C42H26N2O/c1-2-12-28(13-3-1)43-35-19-7-6-16-32(35)34-26-27(24-25-38(34)43)29-17-11-23-40-41(29)33-18-10-22-39(42(33)45-40)44-36-20-8-4-14-30(36)31-15-5-9-21-37(31)44/h1-26H.